The van der Waals surface area contributed by atoms with E-state index in [1.807, 2.05) is 6.92 Å². The number of hydrogen-bond acceptors (Lipinski definition) is 6. The lowest BCUT2D eigenvalue weighted by Crippen LogP contribution is -2.38. The number of nitrogens with one attached hydrogen (secondary N) is 1. The van der Waals surface area contributed by atoms with E-state index in [-0.39, 0.29) is 37.1 Å². The predicted molar refractivity (Wildman–Crippen MR) is 132 cm³/mol. The lowest BCUT2D eigenvalue weighted by atomic mass is 10.1. The van der Waals surface area contributed by atoms with E-state index in [9.17, 15) is 14.0 Å². The Labute approximate surface area is 206 Å². The highest BCUT2D eigenvalue weighted by atomic mass is 32.1. The van der Waals surface area contributed by atoms with Gasteiger partial charge in [0.15, 0.2) is 0 Å². The molecule has 35 heavy (non-hydrogen) atoms. The van der Waals surface area contributed by atoms with Crippen LogP contribution in [0.3, 0.4) is 0 Å². The van der Waals surface area contributed by atoms with E-state index in [0.717, 1.165) is 15.4 Å². The number of benzene rings is 2. The maximum Gasteiger partial charge on any atom is 0.244 e. The minimum absolute atomic E-state index is 0.0425. The van der Waals surface area contributed by atoms with Gasteiger partial charge in [0.1, 0.15) is 23.9 Å². The van der Waals surface area contributed by atoms with Gasteiger partial charge in [0.25, 0.3) is 0 Å². The summed E-state index contributed by atoms with van der Waals surface area (Å²) in [7, 11) is 1.52. The third-order valence-corrected chi connectivity index (χ3v) is 6.20. The quantitative estimate of drug-likeness (QED) is 0.352. The Bertz CT molecular complexity index is 1300. The molecule has 9 heteroatoms. The van der Waals surface area contributed by atoms with Gasteiger partial charge in [-0.05, 0) is 55.5 Å². The third-order valence-electron chi connectivity index (χ3n) is 5.23. The van der Waals surface area contributed by atoms with Gasteiger partial charge in [-0.2, -0.15) is 0 Å². The zero-order valence-electron chi connectivity index (χ0n) is 19.3. The second-order valence-electron chi connectivity index (χ2n) is 7.77. The molecule has 180 valence electrons. The van der Waals surface area contributed by atoms with Gasteiger partial charge in [-0.25, -0.2) is 9.37 Å². The molecule has 0 saturated heterocycles. The van der Waals surface area contributed by atoms with E-state index < -0.39 is 0 Å². The average Bonchev–Trinajstić information content (AvgIpc) is 3.49. The molecule has 2 aromatic carbocycles. The van der Waals surface area contributed by atoms with Crippen molar-refractivity contribution >= 4 is 28.8 Å². The number of amides is 2. The molecular formula is C26H24FN3O4S. The number of carbonyl (C=O) groups is 2. The van der Waals surface area contributed by atoms with Crippen molar-refractivity contribution in [1.82, 2.24) is 9.88 Å². The van der Waals surface area contributed by atoms with E-state index in [0.29, 0.717) is 22.9 Å². The highest BCUT2D eigenvalue weighted by Gasteiger charge is 2.23. The molecule has 0 atom stereocenters. The summed E-state index contributed by atoms with van der Waals surface area (Å²) >= 11 is 1.40. The van der Waals surface area contributed by atoms with Crippen molar-refractivity contribution in [1.29, 1.82) is 0 Å². The maximum absolute atomic E-state index is 13.4. The molecule has 7 nitrogen and oxygen atoms in total. The monoisotopic (exact) mass is 493 g/mol. The van der Waals surface area contributed by atoms with Gasteiger partial charge in [-0.15, -0.1) is 11.3 Å². The molecule has 2 aromatic heterocycles. The molecule has 4 rings (SSSR count). The van der Waals surface area contributed by atoms with Crippen molar-refractivity contribution in [2.24, 2.45) is 0 Å². The fourth-order valence-corrected chi connectivity index (χ4v) is 4.55. The largest absolute Gasteiger partial charge is 0.495 e. The number of methoxy groups -OCH3 is 1. The van der Waals surface area contributed by atoms with E-state index in [1.165, 1.54) is 41.7 Å². The van der Waals surface area contributed by atoms with E-state index in [1.54, 1.807) is 48.5 Å². The summed E-state index contributed by atoms with van der Waals surface area (Å²) in [6.45, 7) is 1.81. The molecule has 2 amide bonds. The maximum atomic E-state index is 13.4. The number of para-hydroxylation sites is 2. The molecule has 4 aromatic rings. The van der Waals surface area contributed by atoms with Crippen LogP contribution in [0.5, 0.6) is 5.75 Å². The molecule has 0 aliphatic heterocycles. The fraction of sp³-hybridized carbons (Fsp3) is 0.192. The van der Waals surface area contributed by atoms with Crippen LogP contribution < -0.4 is 10.1 Å². The number of rotatable bonds is 9. The smallest absolute Gasteiger partial charge is 0.244 e. The SMILES string of the molecule is COc1ccccc1NC(=O)CN(Cc1ccco1)C(=O)Cc1sc(C)nc1-c1ccc(F)cc1. The summed E-state index contributed by atoms with van der Waals surface area (Å²) in [5.74, 6) is 0.109. The predicted octanol–water partition coefficient (Wildman–Crippen LogP) is 5.07. The number of hydrogen-bond donors (Lipinski definition) is 1. The van der Waals surface area contributed by atoms with Crippen molar-refractivity contribution < 1.29 is 23.1 Å². The highest BCUT2D eigenvalue weighted by Crippen LogP contribution is 2.29. The Morgan fingerprint density at radius 1 is 1.11 bits per heavy atom. The molecule has 2 heterocycles. The fourth-order valence-electron chi connectivity index (χ4n) is 3.61. The number of carbonyl (C=O) groups excluding carboxylic acids is 2. The van der Waals surface area contributed by atoms with E-state index in [4.69, 9.17) is 9.15 Å². The number of thiazole rings is 1. The van der Waals surface area contributed by atoms with Gasteiger partial charge < -0.3 is 19.4 Å². The van der Waals surface area contributed by atoms with Gasteiger partial charge in [0, 0.05) is 10.4 Å². The number of anilines is 1. The van der Waals surface area contributed by atoms with Crippen LogP contribution in [0.2, 0.25) is 0 Å². The van der Waals surface area contributed by atoms with Gasteiger partial charge in [0.2, 0.25) is 11.8 Å². The molecule has 0 bridgehead atoms. The topological polar surface area (TPSA) is 84.7 Å². The molecule has 0 aliphatic rings. The summed E-state index contributed by atoms with van der Waals surface area (Å²) in [4.78, 5) is 33.0. The van der Waals surface area contributed by atoms with E-state index >= 15 is 0 Å². The standard InChI is InChI=1S/C26H24FN3O4S/c1-17-28-26(18-9-11-19(27)12-10-18)23(35-17)14-25(32)30(15-20-6-5-13-34-20)16-24(31)29-21-7-3-4-8-22(21)33-2/h3-13H,14-16H2,1-2H3,(H,29,31). The van der Waals surface area contributed by atoms with Crippen LogP contribution >= 0.6 is 11.3 Å². The molecule has 0 spiro atoms. The Hall–Kier alpha value is -3.98. The number of halogens is 1. The van der Waals surface area contributed by atoms with Crippen LogP contribution in [-0.2, 0) is 22.6 Å². The first-order valence-corrected chi connectivity index (χ1v) is 11.7. The third kappa shape index (κ3) is 6.13. The minimum Gasteiger partial charge on any atom is -0.495 e. The zero-order valence-corrected chi connectivity index (χ0v) is 20.1. The number of furan rings is 1. The second-order valence-corrected chi connectivity index (χ2v) is 9.05. The highest BCUT2D eigenvalue weighted by molar-refractivity contribution is 7.12. The molecule has 0 saturated carbocycles. The van der Waals surface area contributed by atoms with Crippen molar-refractivity contribution in [2.45, 2.75) is 19.9 Å². The number of aryl methyl sites for hydroxylation is 1. The minimum atomic E-state index is -0.367. The molecule has 1 N–H and O–H groups in total. The Morgan fingerprint density at radius 2 is 1.89 bits per heavy atom. The summed E-state index contributed by atoms with van der Waals surface area (Å²) < 4.78 is 24.1. The molecule has 0 unspecified atom stereocenters. The van der Waals surface area contributed by atoms with Crippen molar-refractivity contribution in [3.63, 3.8) is 0 Å². The van der Waals surface area contributed by atoms with Crippen LogP contribution in [0.25, 0.3) is 11.3 Å². The molecule has 0 radical (unpaired) electrons. The lowest BCUT2D eigenvalue weighted by Gasteiger charge is -2.21. The van der Waals surface area contributed by atoms with Gasteiger partial charge in [-0.3, -0.25) is 9.59 Å². The van der Waals surface area contributed by atoms with Crippen LogP contribution in [0.1, 0.15) is 15.6 Å². The van der Waals surface area contributed by atoms with Crippen molar-refractivity contribution in [2.75, 3.05) is 19.0 Å². The number of ether oxygens (including phenoxy) is 1. The van der Waals surface area contributed by atoms with Crippen molar-refractivity contribution in [3.8, 4) is 17.0 Å². The Kier molecular flexibility index (Phi) is 7.57. The summed E-state index contributed by atoms with van der Waals surface area (Å²) in [6, 6.07) is 16.5. The van der Waals surface area contributed by atoms with Crippen LogP contribution in [0, 0.1) is 12.7 Å². The lowest BCUT2D eigenvalue weighted by molar-refractivity contribution is -0.134. The molecule has 0 aliphatic carbocycles. The number of aromatic nitrogens is 1. The summed E-state index contributed by atoms with van der Waals surface area (Å²) in [6.07, 6.45) is 1.56. The normalized spacial score (nSPS) is 10.7. The average molecular weight is 494 g/mol. The molecular weight excluding hydrogens is 469 g/mol. The van der Waals surface area contributed by atoms with Gasteiger partial charge >= 0.3 is 0 Å². The van der Waals surface area contributed by atoms with Gasteiger partial charge in [-0.1, -0.05) is 12.1 Å². The molecule has 0 fully saturated rings. The summed E-state index contributed by atoms with van der Waals surface area (Å²) in [5.41, 5.74) is 1.88. The van der Waals surface area contributed by atoms with Gasteiger partial charge in [0.05, 0.1) is 42.7 Å². The second kappa shape index (κ2) is 11.0. The Morgan fingerprint density at radius 3 is 2.60 bits per heavy atom. The number of nitrogens with zero attached hydrogens (tertiary/aromatic N) is 2. The first-order chi connectivity index (χ1) is 16.9. The Balaban J connectivity index is 1.54. The van der Waals surface area contributed by atoms with E-state index in [2.05, 4.69) is 10.3 Å². The van der Waals surface area contributed by atoms with Crippen LogP contribution in [0.15, 0.2) is 71.3 Å². The first kappa shape index (κ1) is 24.2. The van der Waals surface area contributed by atoms with Crippen molar-refractivity contribution in [3.05, 3.63) is 88.4 Å². The van der Waals surface area contributed by atoms with Crippen LogP contribution in [0.4, 0.5) is 10.1 Å². The van der Waals surface area contributed by atoms with Crippen LogP contribution in [-0.4, -0.2) is 35.4 Å². The summed E-state index contributed by atoms with van der Waals surface area (Å²) in [5, 5.41) is 3.59. The zero-order chi connectivity index (χ0) is 24.8. The first-order valence-electron chi connectivity index (χ1n) is 10.9.